The highest BCUT2D eigenvalue weighted by atomic mass is 35.5. The SMILES string of the molecule is Cc1c(C(=O)NC2CCCNC2)cnn1-c1ccccc1F.Cl. The Morgan fingerprint density at radius 2 is 2.22 bits per heavy atom. The first-order valence-electron chi connectivity index (χ1n) is 7.48. The summed E-state index contributed by atoms with van der Waals surface area (Å²) >= 11 is 0. The van der Waals surface area contributed by atoms with Gasteiger partial charge in [-0.1, -0.05) is 12.1 Å². The number of carbonyl (C=O) groups excluding carboxylic acids is 1. The van der Waals surface area contributed by atoms with Gasteiger partial charge in [0.15, 0.2) is 0 Å². The van der Waals surface area contributed by atoms with E-state index in [0.29, 0.717) is 16.9 Å². The van der Waals surface area contributed by atoms with Crippen LogP contribution in [-0.4, -0.2) is 34.8 Å². The van der Waals surface area contributed by atoms with Crippen molar-refractivity contribution in [2.45, 2.75) is 25.8 Å². The summed E-state index contributed by atoms with van der Waals surface area (Å²) in [7, 11) is 0. The quantitative estimate of drug-likeness (QED) is 0.902. The lowest BCUT2D eigenvalue weighted by molar-refractivity contribution is 0.0930. The molecule has 124 valence electrons. The van der Waals surface area contributed by atoms with Crippen molar-refractivity contribution in [2.75, 3.05) is 13.1 Å². The molecule has 7 heteroatoms. The van der Waals surface area contributed by atoms with Crippen LogP contribution in [0.25, 0.3) is 5.69 Å². The monoisotopic (exact) mass is 338 g/mol. The maximum absolute atomic E-state index is 13.9. The lowest BCUT2D eigenvalue weighted by Crippen LogP contribution is -2.45. The molecule has 0 aliphatic carbocycles. The number of piperidine rings is 1. The van der Waals surface area contributed by atoms with Crippen molar-refractivity contribution in [2.24, 2.45) is 0 Å². The molecule has 2 heterocycles. The van der Waals surface area contributed by atoms with Gasteiger partial charge in [0.2, 0.25) is 0 Å². The van der Waals surface area contributed by atoms with E-state index >= 15 is 0 Å². The molecule has 1 aliphatic rings. The molecule has 1 fully saturated rings. The van der Waals surface area contributed by atoms with Crippen molar-refractivity contribution < 1.29 is 9.18 Å². The molecule has 1 unspecified atom stereocenters. The molecule has 1 aliphatic heterocycles. The summed E-state index contributed by atoms with van der Waals surface area (Å²) in [6.45, 7) is 3.55. The topological polar surface area (TPSA) is 59.0 Å². The predicted octanol–water partition coefficient (Wildman–Crippen LogP) is 2.22. The molecule has 23 heavy (non-hydrogen) atoms. The Morgan fingerprint density at radius 3 is 2.91 bits per heavy atom. The second-order valence-corrected chi connectivity index (χ2v) is 5.52. The minimum atomic E-state index is -0.364. The van der Waals surface area contributed by atoms with Crippen LogP contribution in [0.4, 0.5) is 4.39 Å². The largest absolute Gasteiger partial charge is 0.348 e. The van der Waals surface area contributed by atoms with Gasteiger partial charge in [-0.05, 0) is 38.4 Å². The number of hydrogen-bond donors (Lipinski definition) is 2. The van der Waals surface area contributed by atoms with Crippen molar-refractivity contribution in [3.8, 4) is 5.69 Å². The number of para-hydroxylation sites is 1. The van der Waals surface area contributed by atoms with Crippen molar-refractivity contribution in [3.63, 3.8) is 0 Å². The van der Waals surface area contributed by atoms with Gasteiger partial charge in [0.05, 0.1) is 17.5 Å². The smallest absolute Gasteiger partial charge is 0.255 e. The Hall–Kier alpha value is -1.92. The van der Waals surface area contributed by atoms with Gasteiger partial charge < -0.3 is 10.6 Å². The van der Waals surface area contributed by atoms with Crippen molar-refractivity contribution >= 4 is 18.3 Å². The molecule has 0 saturated carbocycles. The van der Waals surface area contributed by atoms with Crippen LogP contribution in [0.15, 0.2) is 30.5 Å². The molecule has 2 N–H and O–H groups in total. The van der Waals surface area contributed by atoms with Crippen LogP contribution in [0.5, 0.6) is 0 Å². The Morgan fingerprint density at radius 1 is 1.43 bits per heavy atom. The van der Waals surface area contributed by atoms with Crippen LogP contribution in [0.2, 0.25) is 0 Å². The third-order valence-corrected chi connectivity index (χ3v) is 3.97. The van der Waals surface area contributed by atoms with E-state index in [1.807, 2.05) is 0 Å². The van der Waals surface area contributed by atoms with Gasteiger partial charge in [-0.15, -0.1) is 12.4 Å². The molecule has 3 rings (SSSR count). The van der Waals surface area contributed by atoms with Crippen LogP contribution in [0, 0.1) is 12.7 Å². The van der Waals surface area contributed by atoms with E-state index in [0.717, 1.165) is 25.9 Å². The Labute approximate surface area is 140 Å². The normalized spacial score (nSPS) is 17.4. The zero-order valence-electron chi connectivity index (χ0n) is 12.9. The molecule has 1 amide bonds. The number of amides is 1. The first-order valence-corrected chi connectivity index (χ1v) is 7.48. The standard InChI is InChI=1S/C16H19FN4O.ClH/c1-11-13(16(22)20-12-5-4-8-18-9-12)10-19-21(11)15-7-3-2-6-14(15)17;/h2-3,6-7,10,12,18H,4-5,8-9H2,1H3,(H,20,22);1H. The number of halogens is 2. The molecule has 2 aromatic rings. The second kappa shape index (κ2) is 7.57. The minimum absolute atomic E-state index is 0. The van der Waals surface area contributed by atoms with E-state index in [1.165, 1.54) is 16.9 Å². The van der Waals surface area contributed by atoms with Crippen molar-refractivity contribution in [3.05, 3.63) is 47.5 Å². The number of nitrogens with zero attached hydrogens (tertiary/aromatic N) is 2. The number of aromatic nitrogens is 2. The highest BCUT2D eigenvalue weighted by molar-refractivity contribution is 5.95. The van der Waals surface area contributed by atoms with Crippen LogP contribution in [0.3, 0.4) is 0 Å². The lowest BCUT2D eigenvalue weighted by atomic mass is 10.1. The number of hydrogen-bond acceptors (Lipinski definition) is 3. The summed E-state index contributed by atoms with van der Waals surface area (Å²) in [5.41, 5.74) is 1.46. The van der Waals surface area contributed by atoms with Crippen LogP contribution in [-0.2, 0) is 0 Å². The van der Waals surface area contributed by atoms with E-state index in [1.54, 1.807) is 25.1 Å². The molecule has 0 bridgehead atoms. The average molecular weight is 339 g/mol. The Balaban J connectivity index is 0.00000192. The van der Waals surface area contributed by atoms with E-state index in [9.17, 15) is 9.18 Å². The number of benzene rings is 1. The van der Waals surface area contributed by atoms with Gasteiger partial charge in [-0.25, -0.2) is 9.07 Å². The highest BCUT2D eigenvalue weighted by Gasteiger charge is 2.20. The zero-order valence-corrected chi connectivity index (χ0v) is 13.7. The maximum Gasteiger partial charge on any atom is 0.255 e. The van der Waals surface area contributed by atoms with Gasteiger partial charge >= 0.3 is 0 Å². The lowest BCUT2D eigenvalue weighted by Gasteiger charge is -2.23. The molecule has 1 aromatic carbocycles. The van der Waals surface area contributed by atoms with Gasteiger partial charge in [0, 0.05) is 12.6 Å². The Kier molecular flexibility index (Phi) is 5.74. The second-order valence-electron chi connectivity index (χ2n) is 5.52. The molecule has 1 saturated heterocycles. The molecule has 1 atom stereocenters. The van der Waals surface area contributed by atoms with Crippen LogP contribution >= 0.6 is 12.4 Å². The molecule has 1 aromatic heterocycles. The fourth-order valence-corrected chi connectivity index (χ4v) is 2.74. The van der Waals surface area contributed by atoms with Crippen LogP contribution in [0.1, 0.15) is 28.9 Å². The highest BCUT2D eigenvalue weighted by Crippen LogP contribution is 2.17. The zero-order chi connectivity index (χ0) is 15.5. The maximum atomic E-state index is 13.9. The number of carbonyl (C=O) groups is 1. The third kappa shape index (κ3) is 3.71. The fourth-order valence-electron chi connectivity index (χ4n) is 2.74. The first-order chi connectivity index (χ1) is 10.7. The molecule has 0 spiro atoms. The number of nitrogens with one attached hydrogen (secondary N) is 2. The Bertz CT molecular complexity index is 682. The van der Waals surface area contributed by atoms with E-state index in [4.69, 9.17) is 0 Å². The minimum Gasteiger partial charge on any atom is -0.348 e. The summed E-state index contributed by atoms with van der Waals surface area (Å²) < 4.78 is 15.3. The van der Waals surface area contributed by atoms with Gasteiger partial charge in [0.1, 0.15) is 11.5 Å². The van der Waals surface area contributed by atoms with Gasteiger partial charge in [-0.2, -0.15) is 5.10 Å². The van der Waals surface area contributed by atoms with E-state index in [2.05, 4.69) is 15.7 Å². The average Bonchev–Trinajstić information content (AvgIpc) is 2.90. The summed E-state index contributed by atoms with van der Waals surface area (Å²) in [5, 5.41) is 10.4. The fraction of sp³-hybridized carbons (Fsp3) is 0.375. The molecule has 0 radical (unpaired) electrons. The molecular weight excluding hydrogens is 319 g/mol. The molecular formula is C16H20ClFN4O. The van der Waals surface area contributed by atoms with Gasteiger partial charge in [-0.3, -0.25) is 4.79 Å². The first kappa shape index (κ1) is 17.4. The third-order valence-electron chi connectivity index (χ3n) is 3.97. The van der Waals surface area contributed by atoms with Gasteiger partial charge in [0.25, 0.3) is 5.91 Å². The van der Waals surface area contributed by atoms with E-state index < -0.39 is 0 Å². The van der Waals surface area contributed by atoms with Crippen LogP contribution < -0.4 is 10.6 Å². The van der Waals surface area contributed by atoms with Crippen molar-refractivity contribution in [1.29, 1.82) is 0 Å². The van der Waals surface area contributed by atoms with Crippen molar-refractivity contribution in [1.82, 2.24) is 20.4 Å². The predicted molar refractivity (Wildman–Crippen MR) is 88.9 cm³/mol. The summed E-state index contributed by atoms with van der Waals surface area (Å²) in [6.07, 6.45) is 3.52. The summed E-state index contributed by atoms with van der Waals surface area (Å²) in [6, 6.07) is 6.53. The molecule has 5 nitrogen and oxygen atoms in total. The summed E-state index contributed by atoms with van der Waals surface area (Å²) in [4.78, 5) is 12.4. The number of rotatable bonds is 3. The van der Waals surface area contributed by atoms with E-state index in [-0.39, 0.29) is 30.2 Å². The summed E-state index contributed by atoms with van der Waals surface area (Å²) in [5.74, 6) is -0.522.